The fourth-order valence-corrected chi connectivity index (χ4v) is 3.64. The molecule has 0 fully saturated rings. The van der Waals surface area contributed by atoms with Crippen LogP contribution in [-0.2, 0) is 16.1 Å². The lowest BCUT2D eigenvalue weighted by Crippen LogP contribution is -2.25. The Hall–Kier alpha value is -2.74. The first kappa shape index (κ1) is 18.1. The lowest BCUT2D eigenvalue weighted by molar-refractivity contribution is -0.140. The Bertz CT molecular complexity index is 947. The number of hydrogen-bond donors (Lipinski definition) is 1. The summed E-state index contributed by atoms with van der Waals surface area (Å²) < 4.78 is 19.4. The van der Waals surface area contributed by atoms with Gasteiger partial charge in [-0.05, 0) is 30.7 Å². The van der Waals surface area contributed by atoms with E-state index in [4.69, 9.17) is 0 Å². The fraction of sp³-hybridized carbons (Fsp3) is 0.278. The normalized spacial score (nSPS) is 10.9. The largest absolute Gasteiger partial charge is 0.469 e. The predicted molar refractivity (Wildman–Crippen MR) is 96.8 cm³/mol. The van der Waals surface area contributed by atoms with Gasteiger partial charge in [0.2, 0.25) is 0 Å². The van der Waals surface area contributed by atoms with Crippen LogP contribution >= 0.6 is 11.3 Å². The molecule has 6 nitrogen and oxygen atoms in total. The van der Waals surface area contributed by atoms with Gasteiger partial charge in [-0.1, -0.05) is 12.1 Å². The third-order valence-corrected chi connectivity index (χ3v) is 5.07. The summed E-state index contributed by atoms with van der Waals surface area (Å²) in [6, 6.07) is 8.06. The molecular formula is C18H18FN3O3S. The Morgan fingerprint density at radius 3 is 2.73 bits per heavy atom. The van der Waals surface area contributed by atoms with Crippen LogP contribution in [0.3, 0.4) is 0 Å². The van der Waals surface area contributed by atoms with Gasteiger partial charge >= 0.3 is 5.97 Å². The Morgan fingerprint density at radius 1 is 1.31 bits per heavy atom. The number of hydrogen-bond acceptors (Lipinski definition) is 5. The van der Waals surface area contributed by atoms with Gasteiger partial charge in [0.1, 0.15) is 10.6 Å². The first-order valence-corrected chi connectivity index (χ1v) is 8.86. The maximum atomic E-state index is 13.1. The molecule has 3 aromatic rings. The second-order valence-corrected chi connectivity index (χ2v) is 6.81. The summed E-state index contributed by atoms with van der Waals surface area (Å²) in [6.45, 7) is 2.60. The quantitative estimate of drug-likeness (QED) is 0.673. The van der Waals surface area contributed by atoms with Gasteiger partial charge in [0, 0.05) is 11.9 Å². The van der Waals surface area contributed by atoms with E-state index >= 15 is 0 Å². The molecule has 0 radical (unpaired) electrons. The lowest BCUT2D eigenvalue weighted by atomic mass is 10.2. The van der Waals surface area contributed by atoms with Crippen molar-refractivity contribution < 1.29 is 18.7 Å². The van der Waals surface area contributed by atoms with E-state index in [2.05, 4.69) is 15.2 Å². The number of halogens is 1. The smallest absolute Gasteiger partial charge is 0.307 e. The van der Waals surface area contributed by atoms with E-state index in [-0.39, 0.29) is 30.7 Å². The third kappa shape index (κ3) is 3.91. The number of amides is 1. The molecule has 26 heavy (non-hydrogen) atoms. The van der Waals surface area contributed by atoms with Gasteiger partial charge in [0.25, 0.3) is 5.91 Å². The molecule has 1 aromatic carbocycles. The molecule has 0 aliphatic heterocycles. The molecule has 2 aromatic heterocycles. The van der Waals surface area contributed by atoms with Crippen molar-refractivity contribution in [1.29, 1.82) is 0 Å². The number of carbonyl (C=O) groups excluding carboxylic acids is 2. The highest BCUT2D eigenvalue weighted by molar-refractivity contribution is 7.20. The van der Waals surface area contributed by atoms with Crippen LogP contribution in [0, 0.1) is 12.7 Å². The molecule has 0 aliphatic carbocycles. The van der Waals surface area contributed by atoms with Crippen LogP contribution in [0.25, 0.3) is 10.2 Å². The summed E-state index contributed by atoms with van der Waals surface area (Å²) in [4.78, 5) is 24.8. The van der Waals surface area contributed by atoms with Gasteiger partial charge < -0.3 is 10.1 Å². The standard InChI is InChI=1S/C18H18FN3O3S/c1-11-14-9-15(17(24)20-8-7-16(23)25-2)26-18(14)22(21-11)10-12-3-5-13(19)6-4-12/h3-6,9H,7-8,10H2,1-2H3,(H,20,24). The molecule has 0 bridgehead atoms. The van der Waals surface area contributed by atoms with Gasteiger partial charge in [0.15, 0.2) is 0 Å². The van der Waals surface area contributed by atoms with Gasteiger partial charge in [0.05, 0.1) is 30.6 Å². The topological polar surface area (TPSA) is 73.2 Å². The minimum absolute atomic E-state index is 0.129. The van der Waals surface area contributed by atoms with Crippen LogP contribution in [0.5, 0.6) is 0 Å². The van der Waals surface area contributed by atoms with E-state index in [0.29, 0.717) is 11.4 Å². The van der Waals surface area contributed by atoms with Crippen molar-refractivity contribution in [2.45, 2.75) is 19.9 Å². The Morgan fingerprint density at radius 2 is 2.04 bits per heavy atom. The molecule has 0 atom stereocenters. The Labute approximate surface area is 153 Å². The number of aryl methyl sites for hydroxylation is 1. The highest BCUT2D eigenvalue weighted by Crippen LogP contribution is 2.28. The van der Waals surface area contributed by atoms with Crippen LogP contribution < -0.4 is 5.32 Å². The molecule has 0 saturated heterocycles. The Kier molecular flexibility index (Phi) is 5.32. The second-order valence-electron chi connectivity index (χ2n) is 5.78. The molecule has 0 spiro atoms. The number of rotatable bonds is 6. The minimum atomic E-state index is -0.368. The highest BCUT2D eigenvalue weighted by Gasteiger charge is 2.16. The van der Waals surface area contributed by atoms with E-state index in [1.165, 1.54) is 30.6 Å². The maximum Gasteiger partial charge on any atom is 0.307 e. The average Bonchev–Trinajstić information content (AvgIpc) is 3.18. The van der Waals surface area contributed by atoms with Crippen molar-refractivity contribution in [2.24, 2.45) is 0 Å². The summed E-state index contributed by atoms with van der Waals surface area (Å²) in [5, 5.41) is 8.13. The second kappa shape index (κ2) is 7.65. The van der Waals surface area contributed by atoms with E-state index in [1.54, 1.807) is 18.2 Å². The maximum absolute atomic E-state index is 13.1. The van der Waals surface area contributed by atoms with Gasteiger partial charge in [-0.2, -0.15) is 5.10 Å². The van der Waals surface area contributed by atoms with E-state index in [9.17, 15) is 14.0 Å². The number of nitrogens with zero attached hydrogens (tertiary/aromatic N) is 2. The first-order chi connectivity index (χ1) is 12.5. The van der Waals surface area contributed by atoms with E-state index in [1.807, 2.05) is 11.6 Å². The molecule has 0 aliphatic rings. The average molecular weight is 375 g/mol. The first-order valence-electron chi connectivity index (χ1n) is 8.04. The molecule has 136 valence electrons. The van der Waals surface area contributed by atoms with Gasteiger partial charge in [-0.15, -0.1) is 11.3 Å². The molecule has 2 heterocycles. The summed E-state index contributed by atoms with van der Waals surface area (Å²) in [6.07, 6.45) is 0.129. The zero-order chi connectivity index (χ0) is 18.7. The summed E-state index contributed by atoms with van der Waals surface area (Å²) in [5.41, 5.74) is 1.75. The molecule has 1 N–H and O–H groups in total. The molecular weight excluding hydrogens is 357 g/mol. The number of nitrogens with one attached hydrogen (secondary N) is 1. The zero-order valence-electron chi connectivity index (χ0n) is 14.4. The monoisotopic (exact) mass is 375 g/mol. The number of fused-ring (bicyclic) bond motifs is 1. The number of aromatic nitrogens is 2. The highest BCUT2D eigenvalue weighted by atomic mass is 32.1. The van der Waals surface area contributed by atoms with Crippen molar-refractivity contribution in [3.8, 4) is 0 Å². The van der Waals surface area contributed by atoms with Crippen molar-refractivity contribution in [2.75, 3.05) is 13.7 Å². The zero-order valence-corrected chi connectivity index (χ0v) is 15.2. The minimum Gasteiger partial charge on any atom is -0.469 e. The molecule has 8 heteroatoms. The van der Waals surface area contributed by atoms with E-state index in [0.717, 1.165) is 21.5 Å². The predicted octanol–water partition coefficient (Wildman–Crippen LogP) is 2.89. The number of benzene rings is 1. The number of thiophene rings is 1. The Balaban J connectivity index is 1.77. The van der Waals surface area contributed by atoms with Gasteiger partial charge in [-0.3, -0.25) is 14.3 Å². The molecule has 3 rings (SSSR count). The summed E-state index contributed by atoms with van der Waals surface area (Å²) >= 11 is 1.34. The van der Waals surface area contributed by atoms with Crippen molar-refractivity contribution in [3.63, 3.8) is 0 Å². The van der Waals surface area contributed by atoms with Crippen molar-refractivity contribution >= 4 is 33.4 Å². The third-order valence-electron chi connectivity index (χ3n) is 3.92. The van der Waals surface area contributed by atoms with Crippen LogP contribution in [0.2, 0.25) is 0 Å². The number of carbonyl (C=O) groups is 2. The van der Waals surface area contributed by atoms with Crippen LogP contribution in [0.1, 0.15) is 27.3 Å². The van der Waals surface area contributed by atoms with Crippen LogP contribution in [-0.4, -0.2) is 35.3 Å². The number of ether oxygens (including phenoxy) is 1. The number of methoxy groups -OCH3 is 1. The number of esters is 1. The van der Waals surface area contributed by atoms with Crippen LogP contribution in [0.4, 0.5) is 4.39 Å². The van der Waals surface area contributed by atoms with Crippen LogP contribution in [0.15, 0.2) is 30.3 Å². The van der Waals surface area contributed by atoms with Crippen molar-refractivity contribution in [3.05, 3.63) is 52.3 Å². The fourth-order valence-electron chi connectivity index (χ4n) is 2.56. The molecule has 0 unspecified atom stereocenters. The molecule has 1 amide bonds. The summed E-state index contributed by atoms with van der Waals surface area (Å²) in [5.74, 6) is -0.882. The van der Waals surface area contributed by atoms with Crippen molar-refractivity contribution in [1.82, 2.24) is 15.1 Å². The molecule has 0 saturated carbocycles. The summed E-state index contributed by atoms with van der Waals surface area (Å²) in [7, 11) is 1.31. The lowest BCUT2D eigenvalue weighted by Gasteiger charge is -2.03. The van der Waals surface area contributed by atoms with Gasteiger partial charge in [-0.25, -0.2) is 4.39 Å². The SMILES string of the molecule is COC(=O)CCNC(=O)c1cc2c(C)nn(Cc3ccc(F)cc3)c2s1. The van der Waals surface area contributed by atoms with E-state index < -0.39 is 0 Å².